The first-order valence-corrected chi connectivity index (χ1v) is 7.61. The van der Waals surface area contributed by atoms with E-state index in [0.29, 0.717) is 6.04 Å². The highest BCUT2D eigenvalue weighted by atomic mass is 32.1. The van der Waals surface area contributed by atoms with E-state index in [2.05, 4.69) is 31.2 Å². The van der Waals surface area contributed by atoms with E-state index in [0.717, 1.165) is 12.3 Å². The van der Waals surface area contributed by atoms with Gasteiger partial charge in [-0.1, -0.05) is 25.7 Å². The lowest BCUT2D eigenvalue weighted by atomic mass is 9.97. The SMILES string of the molecule is CNC(Cc1nc(C)c(C)s1)CC1CCCC1. The van der Waals surface area contributed by atoms with Crippen LogP contribution in [0, 0.1) is 19.8 Å². The molecule has 1 aliphatic rings. The Morgan fingerprint density at radius 3 is 2.59 bits per heavy atom. The highest BCUT2D eigenvalue weighted by Gasteiger charge is 2.20. The Hall–Kier alpha value is -0.410. The molecule has 0 bridgehead atoms. The minimum atomic E-state index is 0.614. The van der Waals surface area contributed by atoms with Crippen LogP contribution in [-0.2, 0) is 6.42 Å². The summed E-state index contributed by atoms with van der Waals surface area (Å²) in [7, 11) is 2.09. The van der Waals surface area contributed by atoms with Crippen LogP contribution < -0.4 is 5.32 Å². The molecule has 1 aromatic rings. The van der Waals surface area contributed by atoms with Crippen LogP contribution in [-0.4, -0.2) is 18.1 Å². The molecule has 0 saturated heterocycles. The number of hydrogen-bond donors (Lipinski definition) is 1. The maximum atomic E-state index is 4.65. The molecule has 96 valence electrons. The van der Waals surface area contributed by atoms with E-state index < -0.39 is 0 Å². The van der Waals surface area contributed by atoms with Crippen LogP contribution in [0.25, 0.3) is 0 Å². The second-order valence-corrected chi connectivity index (χ2v) is 6.61. The highest BCUT2D eigenvalue weighted by molar-refractivity contribution is 7.11. The zero-order valence-electron chi connectivity index (χ0n) is 11.3. The van der Waals surface area contributed by atoms with Crippen molar-refractivity contribution in [2.45, 2.75) is 58.4 Å². The van der Waals surface area contributed by atoms with Gasteiger partial charge in [-0.05, 0) is 33.2 Å². The molecule has 1 unspecified atom stereocenters. The predicted molar refractivity (Wildman–Crippen MR) is 74.7 cm³/mol. The van der Waals surface area contributed by atoms with Crippen molar-refractivity contribution in [3.05, 3.63) is 15.6 Å². The highest BCUT2D eigenvalue weighted by Crippen LogP contribution is 2.29. The Balaban J connectivity index is 1.89. The Morgan fingerprint density at radius 2 is 2.06 bits per heavy atom. The molecule has 0 amide bonds. The molecule has 1 saturated carbocycles. The Labute approximate surface area is 109 Å². The van der Waals surface area contributed by atoms with Gasteiger partial charge >= 0.3 is 0 Å². The summed E-state index contributed by atoms with van der Waals surface area (Å²) in [5.74, 6) is 0.953. The molecule has 0 spiro atoms. The van der Waals surface area contributed by atoms with Crippen molar-refractivity contribution in [3.8, 4) is 0 Å². The van der Waals surface area contributed by atoms with Crippen molar-refractivity contribution in [1.82, 2.24) is 10.3 Å². The van der Waals surface area contributed by atoms with Crippen LogP contribution in [0.3, 0.4) is 0 Å². The van der Waals surface area contributed by atoms with Gasteiger partial charge in [-0.15, -0.1) is 11.3 Å². The van der Waals surface area contributed by atoms with Crippen molar-refractivity contribution in [2.75, 3.05) is 7.05 Å². The van der Waals surface area contributed by atoms with Gasteiger partial charge in [0.15, 0.2) is 0 Å². The fraction of sp³-hybridized carbons (Fsp3) is 0.786. The summed E-state index contributed by atoms with van der Waals surface area (Å²) < 4.78 is 0. The lowest BCUT2D eigenvalue weighted by Crippen LogP contribution is -2.29. The Morgan fingerprint density at radius 1 is 1.35 bits per heavy atom. The third-order valence-electron chi connectivity index (χ3n) is 3.99. The largest absolute Gasteiger partial charge is 0.317 e. The van der Waals surface area contributed by atoms with Gasteiger partial charge in [-0.2, -0.15) is 0 Å². The minimum absolute atomic E-state index is 0.614. The summed E-state index contributed by atoms with van der Waals surface area (Å²) in [6.07, 6.45) is 8.19. The van der Waals surface area contributed by atoms with Gasteiger partial charge in [0.1, 0.15) is 0 Å². The number of nitrogens with zero attached hydrogens (tertiary/aromatic N) is 1. The molecule has 0 radical (unpaired) electrons. The molecule has 2 rings (SSSR count). The average molecular weight is 252 g/mol. The van der Waals surface area contributed by atoms with Crippen molar-refractivity contribution < 1.29 is 0 Å². The zero-order chi connectivity index (χ0) is 12.3. The summed E-state index contributed by atoms with van der Waals surface area (Å²) in [6.45, 7) is 4.28. The van der Waals surface area contributed by atoms with Gasteiger partial charge in [0.05, 0.1) is 10.7 Å². The van der Waals surface area contributed by atoms with Crippen molar-refractivity contribution in [3.63, 3.8) is 0 Å². The summed E-state index contributed by atoms with van der Waals surface area (Å²) in [5, 5.41) is 4.78. The predicted octanol–water partition coefficient (Wildman–Crippen LogP) is 3.47. The lowest BCUT2D eigenvalue weighted by Gasteiger charge is -2.18. The monoisotopic (exact) mass is 252 g/mol. The van der Waals surface area contributed by atoms with Gasteiger partial charge in [0, 0.05) is 17.3 Å². The molecule has 1 aromatic heterocycles. The number of thiazole rings is 1. The Bertz CT molecular complexity index is 334. The number of aryl methyl sites for hydroxylation is 2. The second-order valence-electron chi connectivity index (χ2n) is 5.33. The van der Waals surface area contributed by atoms with Crippen LogP contribution >= 0.6 is 11.3 Å². The Kier molecular flexibility index (Phi) is 4.57. The van der Waals surface area contributed by atoms with E-state index in [1.165, 1.54) is 47.7 Å². The fourth-order valence-electron chi connectivity index (χ4n) is 2.79. The van der Waals surface area contributed by atoms with E-state index in [4.69, 9.17) is 0 Å². The lowest BCUT2D eigenvalue weighted by molar-refractivity contribution is 0.402. The summed E-state index contributed by atoms with van der Waals surface area (Å²) in [6, 6.07) is 0.614. The van der Waals surface area contributed by atoms with Crippen molar-refractivity contribution in [1.29, 1.82) is 0 Å². The van der Waals surface area contributed by atoms with Crippen LogP contribution in [0.5, 0.6) is 0 Å². The molecule has 1 N–H and O–H groups in total. The minimum Gasteiger partial charge on any atom is -0.317 e. The standard InChI is InChI=1S/C14H24N2S/c1-10-11(2)17-14(16-10)9-13(15-3)8-12-6-4-5-7-12/h12-13,15H,4-9H2,1-3H3. The van der Waals surface area contributed by atoms with Crippen molar-refractivity contribution in [2.24, 2.45) is 5.92 Å². The number of hydrogen-bond acceptors (Lipinski definition) is 3. The second kappa shape index (κ2) is 5.96. The molecule has 1 fully saturated rings. The van der Waals surface area contributed by atoms with E-state index in [1.54, 1.807) is 0 Å². The molecular weight excluding hydrogens is 228 g/mol. The van der Waals surface area contributed by atoms with E-state index >= 15 is 0 Å². The quantitative estimate of drug-likeness (QED) is 0.868. The molecule has 17 heavy (non-hydrogen) atoms. The zero-order valence-corrected chi connectivity index (χ0v) is 12.1. The number of nitrogens with one attached hydrogen (secondary N) is 1. The van der Waals surface area contributed by atoms with Crippen LogP contribution in [0.15, 0.2) is 0 Å². The maximum absolute atomic E-state index is 4.65. The van der Waals surface area contributed by atoms with Gasteiger partial charge in [-0.3, -0.25) is 0 Å². The summed E-state index contributed by atoms with van der Waals surface area (Å²) in [5.41, 5.74) is 1.21. The summed E-state index contributed by atoms with van der Waals surface area (Å²) in [4.78, 5) is 6.02. The maximum Gasteiger partial charge on any atom is 0.0946 e. The first kappa shape index (κ1) is 13.0. The number of aromatic nitrogens is 1. The van der Waals surface area contributed by atoms with Gasteiger partial charge in [-0.25, -0.2) is 4.98 Å². The topological polar surface area (TPSA) is 24.9 Å². The molecule has 1 atom stereocenters. The fourth-order valence-corrected chi connectivity index (χ4v) is 3.80. The van der Waals surface area contributed by atoms with Gasteiger partial charge in [0.25, 0.3) is 0 Å². The summed E-state index contributed by atoms with van der Waals surface area (Å²) >= 11 is 1.86. The molecule has 3 heteroatoms. The number of likely N-dealkylation sites (N-methyl/N-ethyl adjacent to an activating group) is 1. The first-order chi connectivity index (χ1) is 8.19. The van der Waals surface area contributed by atoms with E-state index in [1.807, 2.05) is 11.3 Å². The van der Waals surface area contributed by atoms with Crippen LogP contribution in [0.1, 0.15) is 47.7 Å². The van der Waals surface area contributed by atoms with Crippen LogP contribution in [0.2, 0.25) is 0 Å². The van der Waals surface area contributed by atoms with Crippen molar-refractivity contribution >= 4 is 11.3 Å². The van der Waals surface area contributed by atoms with E-state index in [9.17, 15) is 0 Å². The first-order valence-electron chi connectivity index (χ1n) is 6.79. The molecular formula is C14H24N2S. The number of rotatable bonds is 5. The molecule has 0 aromatic carbocycles. The average Bonchev–Trinajstić information content (AvgIpc) is 2.89. The van der Waals surface area contributed by atoms with Crippen LogP contribution in [0.4, 0.5) is 0 Å². The molecule has 0 aliphatic heterocycles. The van der Waals surface area contributed by atoms with Gasteiger partial charge < -0.3 is 5.32 Å². The van der Waals surface area contributed by atoms with Gasteiger partial charge in [0.2, 0.25) is 0 Å². The normalized spacial score (nSPS) is 18.8. The smallest absolute Gasteiger partial charge is 0.0946 e. The molecule has 1 aliphatic carbocycles. The molecule has 2 nitrogen and oxygen atoms in total. The van der Waals surface area contributed by atoms with E-state index in [-0.39, 0.29) is 0 Å². The molecule has 1 heterocycles. The third-order valence-corrected chi connectivity index (χ3v) is 5.09. The third kappa shape index (κ3) is 3.52.